The number of hydrogen-bond acceptors (Lipinski definition) is 4. The minimum Gasteiger partial charge on any atom is -0.378 e. The fraction of sp³-hybridized carbons (Fsp3) is 0.500. The van der Waals surface area contributed by atoms with E-state index in [4.69, 9.17) is 16.3 Å². The van der Waals surface area contributed by atoms with E-state index in [0.29, 0.717) is 5.56 Å². The highest BCUT2D eigenvalue weighted by Crippen LogP contribution is 2.25. The average molecular weight is 313 g/mol. The Balaban J connectivity index is 1.96. The van der Waals surface area contributed by atoms with Crippen LogP contribution < -0.4 is 5.32 Å². The number of nitro groups is 1. The van der Waals surface area contributed by atoms with Crippen LogP contribution in [0.3, 0.4) is 0 Å². The number of hydrogen-bond donors (Lipinski definition) is 1. The van der Waals surface area contributed by atoms with Gasteiger partial charge in [-0.25, -0.2) is 0 Å². The Bertz CT molecular complexity index is 544. The van der Waals surface area contributed by atoms with E-state index in [-0.39, 0.29) is 28.8 Å². The predicted molar refractivity (Wildman–Crippen MR) is 78.6 cm³/mol. The van der Waals surface area contributed by atoms with Crippen LogP contribution in [0, 0.1) is 10.1 Å². The number of benzene rings is 1. The molecule has 1 saturated heterocycles. The molecule has 1 aliphatic heterocycles. The Hall–Kier alpha value is -1.66. The monoisotopic (exact) mass is 312 g/mol. The molecule has 2 unspecified atom stereocenters. The molecule has 2 rings (SSSR count). The van der Waals surface area contributed by atoms with Gasteiger partial charge >= 0.3 is 0 Å². The van der Waals surface area contributed by atoms with Crippen molar-refractivity contribution in [1.82, 2.24) is 5.32 Å². The van der Waals surface area contributed by atoms with Crippen molar-refractivity contribution < 1.29 is 14.5 Å². The van der Waals surface area contributed by atoms with E-state index < -0.39 is 4.92 Å². The first-order valence-corrected chi connectivity index (χ1v) is 7.21. The Kier molecular flexibility index (Phi) is 5.14. The number of nitrogens with zero attached hydrogens (tertiary/aromatic N) is 1. The number of carbonyl (C=O) groups excluding carboxylic acids is 1. The van der Waals surface area contributed by atoms with Crippen LogP contribution in [-0.4, -0.2) is 29.6 Å². The molecule has 1 fully saturated rings. The zero-order valence-corrected chi connectivity index (χ0v) is 12.4. The maximum Gasteiger partial charge on any atom is 0.287 e. The zero-order valence-electron chi connectivity index (χ0n) is 11.7. The Morgan fingerprint density at radius 3 is 2.95 bits per heavy atom. The Morgan fingerprint density at radius 2 is 2.38 bits per heavy atom. The Labute approximate surface area is 127 Å². The van der Waals surface area contributed by atoms with E-state index >= 15 is 0 Å². The number of amides is 1. The molecule has 0 radical (unpaired) electrons. The maximum atomic E-state index is 12.1. The summed E-state index contributed by atoms with van der Waals surface area (Å²) in [6.07, 6.45) is 3.03. The van der Waals surface area contributed by atoms with Gasteiger partial charge in [0.2, 0.25) is 0 Å². The third-order valence-corrected chi connectivity index (χ3v) is 3.73. The molecule has 0 spiro atoms. The quantitative estimate of drug-likeness (QED) is 0.669. The summed E-state index contributed by atoms with van der Waals surface area (Å²) in [6.45, 7) is 2.69. The molecule has 0 aromatic heterocycles. The smallest absolute Gasteiger partial charge is 0.287 e. The van der Waals surface area contributed by atoms with E-state index in [1.54, 1.807) is 0 Å². The summed E-state index contributed by atoms with van der Waals surface area (Å²) in [6, 6.07) is 3.92. The molecule has 2 atom stereocenters. The lowest BCUT2D eigenvalue weighted by atomic mass is 10.1. The van der Waals surface area contributed by atoms with Gasteiger partial charge in [0.1, 0.15) is 5.02 Å². The Morgan fingerprint density at radius 1 is 1.62 bits per heavy atom. The van der Waals surface area contributed by atoms with Crippen molar-refractivity contribution in [2.45, 2.75) is 38.3 Å². The molecule has 1 aromatic carbocycles. The first-order valence-electron chi connectivity index (χ1n) is 6.84. The maximum absolute atomic E-state index is 12.1. The van der Waals surface area contributed by atoms with E-state index in [2.05, 4.69) is 5.32 Å². The average Bonchev–Trinajstić information content (AvgIpc) is 2.90. The lowest BCUT2D eigenvalue weighted by Crippen LogP contribution is -2.35. The van der Waals surface area contributed by atoms with E-state index in [0.717, 1.165) is 25.9 Å². The number of carbonyl (C=O) groups is 1. The zero-order chi connectivity index (χ0) is 15.4. The van der Waals surface area contributed by atoms with Gasteiger partial charge in [-0.3, -0.25) is 14.9 Å². The highest BCUT2D eigenvalue weighted by molar-refractivity contribution is 6.33. The van der Waals surface area contributed by atoms with Crippen molar-refractivity contribution >= 4 is 23.2 Å². The van der Waals surface area contributed by atoms with Crippen molar-refractivity contribution in [3.8, 4) is 0 Å². The van der Waals surface area contributed by atoms with Crippen LogP contribution in [0.5, 0.6) is 0 Å². The molecule has 1 amide bonds. The van der Waals surface area contributed by atoms with Crippen LogP contribution in [0.25, 0.3) is 0 Å². The fourth-order valence-electron chi connectivity index (χ4n) is 2.39. The molecule has 7 heteroatoms. The van der Waals surface area contributed by atoms with Gasteiger partial charge < -0.3 is 10.1 Å². The van der Waals surface area contributed by atoms with Crippen molar-refractivity contribution in [2.24, 2.45) is 0 Å². The van der Waals surface area contributed by atoms with Crippen LogP contribution in [0.2, 0.25) is 5.02 Å². The second-order valence-electron chi connectivity index (χ2n) is 5.17. The predicted octanol–water partition coefficient (Wildman–Crippen LogP) is 2.94. The number of ether oxygens (including phenoxy) is 1. The van der Waals surface area contributed by atoms with Gasteiger partial charge in [-0.1, -0.05) is 11.6 Å². The standard InChI is InChI=1S/C14H17ClN2O4/c1-9(7-11-3-2-6-21-11)16-14(18)10-4-5-13(17(19)20)12(15)8-10/h4-5,8-9,11H,2-3,6-7H2,1H3,(H,16,18). The highest BCUT2D eigenvalue weighted by Gasteiger charge is 2.21. The number of nitro benzene ring substituents is 1. The van der Waals surface area contributed by atoms with E-state index in [1.807, 2.05) is 6.92 Å². The summed E-state index contributed by atoms with van der Waals surface area (Å²) >= 11 is 5.80. The first kappa shape index (κ1) is 15.7. The topological polar surface area (TPSA) is 81.5 Å². The van der Waals surface area contributed by atoms with Gasteiger partial charge in [-0.2, -0.15) is 0 Å². The van der Waals surface area contributed by atoms with Crippen molar-refractivity contribution in [3.05, 3.63) is 38.9 Å². The fourth-order valence-corrected chi connectivity index (χ4v) is 2.64. The molecule has 1 aromatic rings. The summed E-state index contributed by atoms with van der Waals surface area (Å²) in [7, 11) is 0. The summed E-state index contributed by atoms with van der Waals surface area (Å²) in [5, 5.41) is 13.5. The molecule has 0 aliphatic carbocycles. The second kappa shape index (κ2) is 6.87. The summed E-state index contributed by atoms with van der Waals surface area (Å²) < 4.78 is 5.52. The molecule has 114 valence electrons. The van der Waals surface area contributed by atoms with Crippen molar-refractivity contribution in [2.75, 3.05) is 6.61 Å². The van der Waals surface area contributed by atoms with E-state index in [1.165, 1.54) is 18.2 Å². The highest BCUT2D eigenvalue weighted by atomic mass is 35.5. The van der Waals surface area contributed by atoms with Gasteiger partial charge in [0.15, 0.2) is 0 Å². The molecule has 1 N–H and O–H groups in total. The molecule has 0 bridgehead atoms. The molecular formula is C14H17ClN2O4. The summed E-state index contributed by atoms with van der Waals surface area (Å²) in [5.41, 5.74) is 0.102. The number of halogens is 1. The number of nitrogens with one attached hydrogen (secondary N) is 1. The lowest BCUT2D eigenvalue weighted by Gasteiger charge is -2.17. The second-order valence-corrected chi connectivity index (χ2v) is 5.58. The minimum atomic E-state index is -0.579. The van der Waals surface area contributed by atoms with Crippen LogP contribution in [0.15, 0.2) is 18.2 Å². The third-order valence-electron chi connectivity index (χ3n) is 3.42. The third kappa shape index (κ3) is 4.15. The van der Waals surface area contributed by atoms with Crippen molar-refractivity contribution in [3.63, 3.8) is 0 Å². The number of rotatable bonds is 5. The van der Waals surface area contributed by atoms with Crippen LogP contribution in [0.1, 0.15) is 36.5 Å². The normalized spacial score (nSPS) is 19.2. The molecule has 1 aliphatic rings. The summed E-state index contributed by atoms with van der Waals surface area (Å²) in [5.74, 6) is -0.294. The molecule has 21 heavy (non-hydrogen) atoms. The van der Waals surface area contributed by atoms with Gasteiger partial charge in [0, 0.05) is 24.3 Å². The SMILES string of the molecule is CC(CC1CCCO1)NC(=O)c1ccc([N+](=O)[O-])c(Cl)c1. The van der Waals surface area contributed by atoms with E-state index in [9.17, 15) is 14.9 Å². The van der Waals surface area contributed by atoms with Crippen molar-refractivity contribution in [1.29, 1.82) is 0 Å². The van der Waals surface area contributed by atoms with Crippen LogP contribution >= 0.6 is 11.6 Å². The van der Waals surface area contributed by atoms with Gasteiger partial charge in [0.25, 0.3) is 11.6 Å². The lowest BCUT2D eigenvalue weighted by molar-refractivity contribution is -0.384. The minimum absolute atomic E-state index is 0.0328. The summed E-state index contributed by atoms with van der Waals surface area (Å²) in [4.78, 5) is 22.2. The van der Waals surface area contributed by atoms with Gasteiger partial charge in [-0.05, 0) is 38.3 Å². The van der Waals surface area contributed by atoms with Crippen LogP contribution in [-0.2, 0) is 4.74 Å². The largest absolute Gasteiger partial charge is 0.378 e. The van der Waals surface area contributed by atoms with Gasteiger partial charge in [-0.15, -0.1) is 0 Å². The van der Waals surface area contributed by atoms with Crippen LogP contribution in [0.4, 0.5) is 5.69 Å². The molecule has 1 heterocycles. The van der Waals surface area contributed by atoms with Gasteiger partial charge in [0.05, 0.1) is 11.0 Å². The molecular weight excluding hydrogens is 296 g/mol. The molecule has 0 saturated carbocycles. The molecule has 6 nitrogen and oxygen atoms in total. The first-order chi connectivity index (χ1) is 9.97.